The van der Waals surface area contributed by atoms with Crippen molar-refractivity contribution in [3.05, 3.63) is 53.6 Å². The summed E-state index contributed by atoms with van der Waals surface area (Å²) >= 11 is 0. The normalized spacial score (nSPS) is 14.9. The van der Waals surface area contributed by atoms with E-state index in [0.717, 1.165) is 48.9 Å². The Morgan fingerprint density at radius 2 is 1.85 bits per heavy atom. The van der Waals surface area contributed by atoms with E-state index < -0.39 is 0 Å². The van der Waals surface area contributed by atoms with Gasteiger partial charge in [-0.2, -0.15) is 0 Å². The molecule has 3 rings (SSSR count). The molecule has 2 aromatic carbocycles. The molecule has 0 saturated carbocycles. The summed E-state index contributed by atoms with van der Waals surface area (Å²) in [6, 6.07) is 14.2. The Kier molecular flexibility index (Phi) is 6.35. The zero-order chi connectivity index (χ0) is 19.2. The first-order valence-corrected chi connectivity index (χ1v) is 9.75. The van der Waals surface area contributed by atoms with E-state index in [1.807, 2.05) is 38.1 Å². The molecule has 0 spiro atoms. The van der Waals surface area contributed by atoms with Crippen LogP contribution in [0.3, 0.4) is 0 Å². The smallest absolute Gasteiger partial charge is 0.279 e. The second-order valence-corrected chi connectivity index (χ2v) is 7.11. The van der Waals surface area contributed by atoms with Crippen molar-refractivity contribution in [3.8, 4) is 5.75 Å². The maximum atomic E-state index is 12.5. The molecule has 0 radical (unpaired) electrons. The van der Waals surface area contributed by atoms with E-state index in [1.54, 1.807) is 0 Å². The van der Waals surface area contributed by atoms with Gasteiger partial charge in [-0.15, -0.1) is 0 Å². The lowest BCUT2D eigenvalue weighted by Gasteiger charge is -2.34. The summed E-state index contributed by atoms with van der Waals surface area (Å²) in [4.78, 5) is 16.1. The van der Waals surface area contributed by atoms with Gasteiger partial charge in [-0.05, 0) is 50.1 Å². The number of hydrogen-bond donors (Lipinski definition) is 2. The standard InChI is InChI=1S/C22H29N3O2/c1-4-27-21-11-6-5-10-20(21)25-14-12-24(13-15-25)16-22(26)23-19-9-7-8-17(2)18(19)3/h5-11H,4,12-16H2,1-3H3,(H,23,26)/p+1. The number of amides is 1. The molecule has 0 bridgehead atoms. The average Bonchev–Trinajstić information content (AvgIpc) is 2.67. The number of ether oxygens (including phenoxy) is 1. The Hall–Kier alpha value is -2.53. The van der Waals surface area contributed by atoms with E-state index in [-0.39, 0.29) is 5.91 Å². The number of anilines is 2. The van der Waals surface area contributed by atoms with E-state index in [9.17, 15) is 4.79 Å². The molecular formula is C22H30N3O2+. The first-order chi connectivity index (χ1) is 13.1. The third-order valence-electron chi connectivity index (χ3n) is 5.27. The quantitative estimate of drug-likeness (QED) is 0.820. The molecular weight excluding hydrogens is 338 g/mol. The monoisotopic (exact) mass is 368 g/mol. The Balaban J connectivity index is 1.54. The minimum absolute atomic E-state index is 0.0851. The lowest BCUT2D eigenvalue weighted by molar-refractivity contribution is -0.892. The maximum Gasteiger partial charge on any atom is 0.279 e. The Morgan fingerprint density at radius 1 is 1.11 bits per heavy atom. The molecule has 0 aromatic heterocycles. The van der Waals surface area contributed by atoms with Crippen LogP contribution in [-0.2, 0) is 4.79 Å². The zero-order valence-corrected chi connectivity index (χ0v) is 16.5. The molecule has 1 fully saturated rings. The maximum absolute atomic E-state index is 12.5. The first-order valence-electron chi connectivity index (χ1n) is 9.75. The lowest BCUT2D eigenvalue weighted by atomic mass is 10.1. The van der Waals surface area contributed by atoms with Crippen molar-refractivity contribution in [2.75, 3.05) is 49.5 Å². The number of para-hydroxylation sites is 2. The summed E-state index contributed by atoms with van der Waals surface area (Å²) in [5, 5.41) is 3.07. The van der Waals surface area contributed by atoms with Crippen LogP contribution in [0.15, 0.2) is 42.5 Å². The highest BCUT2D eigenvalue weighted by atomic mass is 16.5. The minimum atomic E-state index is 0.0851. The topological polar surface area (TPSA) is 46.0 Å². The average molecular weight is 369 g/mol. The van der Waals surface area contributed by atoms with Gasteiger partial charge in [0.25, 0.3) is 5.91 Å². The third-order valence-corrected chi connectivity index (χ3v) is 5.27. The molecule has 1 aliphatic rings. The lowest BCUT2D eigenvalue weighted by Crippen LogP contribution is -3.15. The van der Waals surface area contributed by atoms with Crippen molar-refractivity contribution in [2.45, 2.75) is 20.8 Å². The Labute approximate surface area is 161 Å². The van der Waals surface area contributed by atoms with Crippen LogP contribution in [0.25, 0.3) is 0 Å². The molecule has 0 aliphatic carbocycles. The third kappa shape index (κ3) is 4.80. The van der Waals surface area contributed by atoms with Crippen LogP contribution < -0.4 is 19.9 Å². The fraction of sp³-hybridized carbons (Fsp3) is 0.409. The van der Waals surface area contributed by atoms with Gasteiger partial charge in [0.15, 0.2) is 6.54 Å². The number of hydrogen-bond acceptors (Lipinski definition) is 3. The van der Waals surface area contributed by atoms with Crippen LogP contribution >= 0.6 is 0 Å². The van der Waals surface area contributed by atoms with Gasteiger partial charge in [-0.1, -0.05) is 24.3 Å². The predicted octanol–water partition coefficient (Wildman–Crippen LogP) is 2.05. The molecule has 27 heavy (non-hydrogen) atoms. The molecule has 1 aliphatic heterocycles. The van der Waals surface area contributed by atoms with E-state index >= 15 is 0 Å². The number of nitrogens with zero attached hydrogens (tertiary/aromatic N) is 1. The van der Waals surface area contributed by atoms with E-state index in [0.29, 0.717) is 13.2 Å². The van der Waals surface area contributed by atoms with Crippen LogP contribution in [0.2, 0.25) is 0 Å². The predicted molar refractivity (Wildman–Crippen MR) is 110 cm³/mol. The van der Waals surface area contributed by atoms with Gasteiger partial charge in [0.2, 0.25) is 0 Å². The van der Waals surface area contributed by atoms with Gasteiger partial charge >= 0.3 is 0 Å². The largest absolute Gasteiger partial charge is 0.492 e. The zero-order valence-electron chi connectivity index (χ0n) is 16.5. The Bertz CT molecular complexity index is 783. The van der Waals surface area contributed by atoms with Crippen LogP contribution in [-0.4, -0.2) is 45.2 Å². The van der Waals surface area contributed by atoms with Crippen molar-refractivity contribution in [1.82, 2.24) is 0 Å². The molecule has 0 unspecified atom stereocenters. The number of nitrogens with one attached hydrogen (secondary N) is 2. The number of piperazine rings is 1. The fourth-order valence-electron chi connectivity index (χ4n) is 3.54. The summed E-state index contributed by atoms with van der Waals surface area (Å²) in [7, 11) is 0. The van der Waals surface area contributed by atoms with Gasteiger partial charge in [-0.3, -0.25) is 4.79 Å². The van der Waals surface area contributed by atoms with Crippen molar-refractivity contribution in [3.63, 3.8) is 0 Å². The second kappa shape index (κ2) is 8.91. The van der Waals surface area contributed by atoms with Gasteiger partial charge in [0.05, 0.1) is 38.5 Å². The number of aryl methyl sites for hydroxylation is 1. The molecule has 5 heteroatoms. The molecule has 1 heterocycles. The highest BCUT2D eigenvalue weighted by molar-refractivity contribution is 5.92. The molecule has 2 aromatic rings. The second-order valence-electron chi connectivity index (χ2n) is 7.11. The van der Waals surface area contributed by atoms with E-state index in [2.05, 4.69) is 35.3 Å². The summed E-state index contributed by atoms with van der Waals surface area (Å²) in [5.41, 5.74) is 4.40. The van der Waals surface area contributed by atoms with Crippen molar-refractivity contribution in [2.24, 2.45) is 0 Å². The Morgan fingerprint density at radius 3 is 2.59 bits per heavy atom. The summed E-state index contributed by atoms with van der Waals surface area (Å²) in [6.07, 6.45) is 0. The number of rotatable bonds is 6. The van der Waals surface area contributed by atoms with Crippen molar-refractivity contribution in [1.29, 1.82) is 0 Å². The first kappa shape index (κ1) is 19.2. The number of carbonyl (C=O) groups is 1. The van der Waals surface area contributed by atoms with Gasteiger partial charge in [0.1, 0.15) is 5.75 Å². The number of carbonyl (C=O) groups excluding carboxylic acids is 1. The molecule has 1 saturated heterocycles. The molecule has 1 amide bonds. The van der Waals surface area contributed by atoms with E-state index in [4.69, 9.17) is 4.74 Å². The van der Waals surface area contributed by atoms with Crippen LogP contribution in [0.1, 0.15) is 18.1 Å². The van der Waals surface area contributed by atoms with Gasteiger partial charge in [-0.25, -0.2) is 0 Å². The molecule has 5 nitrogen and oxygen atoms in total. The summed E-state index contributed by atoms with van der Waals surface area (Å²) in [5.74, 6) is 1.03. The highest BCUT2D eigenvalue weighted by Gasteiger charge is 2.24. The SMILES string of the molecule is CCOc1ccccc1N1CC[NH+](CC(=O)Nc2cccc(C)c2C)CC1. The molecule has 0 atom stereocenters. The van der Waals surface area contributed by atoms with Crippen LogP contribution in [0.4, 0.5) is 11.4 Å². The van der Waals surface area contributed by atoms with Crippen molar-refractivity contribution < 1.29 is 14.4 Å². The number of benzene rings is 2. The van der Waals surface area contributed by atoms with Gasteiger partial charge < -0.3 is 19.9 Å². The van der Waals surface area contributed by atoms with Crippen molar-refractivity contribution >= 4 is 17.3 Å². The van der Waals surface area contributed by atoms with E-state index in [1.165, 1.54) is 10.5 Å². The number of quaternary nitrogens is 1. The van der Waals surface area contributed by atoms with Gasteiger partial charge in [0, 0.05) is 5.69 Å². The van der Waals surface area contributed by atoms with Crippen LogP contribution in [0.5, 0.6) is 5.75 Å². The summed E-state index contributed by atoms with van der Waals surface area (Å²) in [6.45, 7) is 11.0. The summed E-state index contributed by atoms with van der Waals surface area (Å²) < 4.78 is 5.76. The molecule has 144 valence electrons. The minimum Gasteiger partial charge on any atom is -0.492 e. The highest BCUT2D eigenvalue weighted by Crippen LogP contribution is 2.27. The fourth-order valence-corrected chi connectivity index (χ4v) is 3.54. The van der Waals surface area contributed by atoms with Crippen LogP contribution in [0, 0.1) is 13.8 Å². The molecule has 2 N–H and O–H groups in total.